The van der Waals surface area contributed by atoms with Crippen LogP contribution < -0.4 is 15.8 Å². The average molecular weight is 277 g/mol. The summed E-state index contributed by atoms with van der Waals surface area (Å²) in [5, 5.41) is 3.07. The van der Waals surface area contributed by atoms with Gasteiger partial charge in [-0.3, -0.25) is 4.79 Å². The highest BCUT2D eigenvalue weighted by Gasteiger charge is 2.21. The molecule has 3 N–H and O–H groups in total. The Kier molecular flexibility index (Phi) is 4.84. The molecule has 1 heterocycles. The van der Waals surface area contributed by atoms with Gasteiger partial charge >= 0.3 is 0 Å². The molecule has 1 aliphatic rings. The molecule has 20 heavy (non-hydrogen) atoms. The second-order valence-corrected chi connectivity index (χ2v) is 5.10. The van der Waals surface area contributed by atoms with E-state index in [9.17, 15) is 4.79 Å². The van der Waals surface area contributed by atoms with E-state index < -0.39 is 0 Å². The second kappa shape index (κ2) is 6.61. The third kappa shape index (κ3) is 3.22. The van der Waals surface area contributed by atoms with E-state index >= 15 is 0 Å². The van der Waals surface area contributed by atoms with Crippen LogP contribution in [0.3, 0.4) is 0 Å². The van der Waals surface area contributed by atoms with E-state index in [1.807, 2.05) is 0 Å². The molecule has 0 unspecified atom stereocenters. The minimum absolute atomic E-state index is 0.114. The lowest BCUT2D eigenvalue weighted by Gasteiger charge is -2.31. The Bertz CT molecular complexity index is 468. The molecule has 1 aromatic carbocycles. The molecule has 1 amide bonds. The number of hydrogen-bond acceptors (Lipinski definition) is 4. The van der Waals surface area contributed by atoms with E-state index in [0.717, 1.165) is 32.5 Å². The van der Waals surface area contributed by atoms with Crippen molar-refractivity contribution in [3.05, 3.63) is 23.8 Å². The summed E-state index contributed by atoms with van der Waals surface area (Å²) in [7, 11) is 1.55. The van der Waals surface area contributed by atoms with E-state index in [2.05, 4.69) is 17.1 Å². The molecule has 0 aromatic heterocycles. The summed E-state index contributed by atoms with van der Waals surface area (Å²) < 4.78 is 5.14. The van der Waals surface area contributed by atoms with Crippen LogP contribution in [-0.4, -0.2) is 43.6 Å². The first-order chi connectivity index (χ1) is 9.65. The van der Waals surface area contributed by atoms with Crippen LogP contribution in [0.2, 0.25) is 0 Å². The first-order valence-electron chi connectivity index (χ1n) is 7.11. The van der Waals surface area contributed by atoms with E-state index in [1.54, 1.807) is 25.3 Å². The number of nitrogen functional groups attached to an aromatic ring is 1. The van der Waals surface area contributed by atoms with Crippen molar-refractivity contribution in [3.63, 3.8) is 0 Å². The molecular weight excluding hydrogens is 254 g/mol. The number of rotatable bonds is 4. The lowest BCUT2D eigenvalue weighted by molar-refractivity contribution is 0.0913. The monoisotopic (exact) mass is 277 g/mol. The van der Waals surface area contributed by atoms with Crippen molar-refractivity contribution in [1.82, 2.24) is 10.2 Å². The maximum absolute atomic E-state index is 12.3. The van der Waals surface area contributed by atoms with Crippen molar-refractivity contribution in [2.24, 2.45) is 0 Å². The van der Waals surface area contributed by atoms with Crippen LogP contribution in [0.1, 0.15) is 30.1 Å². The second-order valence-electron chi connectivity index (χ2n) is 5.10. The van der Waals surface area contributed by atoms with Gasteiger partial charge in [0.15, 0.2) is 0 Å². The van der Waals surface area contributed by atoms with Crippen LogP contribution in [-0.2, 0) is 0 Å². The summed E-state index contributed by atoms with van der Waals surface area (Å²) in [5.41, 5.74) is 6.84. The number of nitrogens with zero attached hydrogens (tertiary/aromatic N) is 1. The quantitative estimate of drug-likeness (QED) is 0.818. The summed E-state index contributed by atoms with van der Waals surface area (Å²) >= 11 is 0. The number of likely N-dealkylation sites (tertiary alicyclic amines) is 1. The van der Waals surface area contributed by atoms with Crippen LogP contribution in [0.25, 0.3) is 0 Å². The zero-order chi connectivity index (χ0) is 14.5. The van der Waals surface area contributed by atoms with Gasteiger partial charge in [0.05, 0.1) is 18.4 Å². The van der Waals surface area contributed by atoms with Crippen molar-refractivity contribution < 1.29 is 9.53 Å². The molecular formula is C15H23N3O2. The van der Waals surface area contributed by atoms with Crippen molar-refractivity contribution in [2.75, 3.05) is 32.5 Å². The fraction of sp³-hybridized carbons (Fsp3) is 0.533. The normalized spacial score (nSPS) is 16.9. The Balaban J connectivity index is 1.99. The first kappa shape index (κ1) is 14.7. The topological polar surface area (TPSA) is 67.6 Å². The smallest absolute Gasteiger partial charge is 0.253 e. The number of carbonyl (C=O) groups is 1. The molecule has 0 radical (unpaired) electrons. The summed E-state index contributed by atoms with van der Waals surface area (Å²) in [5.74, 6) is 0.426. The maximum Gasteiger partial charge on any atom is 0.253 e. The predicted octanol–water partition coefficient (Wildman–Crippen LogP) is 1.49. The molecule has 1 aromatic rings. The average Bonchev–Trinajstić information content (AvgIpc) is 2.48. The molecule has 1 aliphatic heterocycles. The molecule has 0 bridgehead atoms. The van der Waals surface area contributed by atoms with Crippen molar-refractivity contribution >= 4 is 11.6 Å². The van der Waals surface area contributed by atoms with Crippen LogP contribution in [0.5, 0.6) is 5.75 Å². The van der Waals surface area contributed by atoms with Crippen molar-refractivity contribution in [3.8, 4) is 5.75 Å². The molecule has 0 atom stereocenters. The van der Waals surface area contributed by atoms with E-state index in [4.69, 9.17) is 10.5 Å². The number of methoxy groups -OCH3 is 1. The Morgan fingerprint density at radius 2 is 2.15 bits per heavy atom. The number of nitrogens with one attached hydrogen (secondary N) is 1. The first-order valence-corrected chi connectivity index (χ1v) is 7.11. The van der Waals surface area contributed by atoms with Crippen molar-refractivity contribution in [1.29, 1.82) is 0 Å². The lowest BCUT2D eigenvalue weighted by atomic mass is 10.0. The number of anilines is 1. The number of hydrogen-bond donors (Lipinski definition) is 2. The van der Waals surface area contributed by atoms with E-state index in [-0.39, 0.29) is 11.9 Å². The van der Waals surface area contributed by atoms with Crippen LogP contribution in [0.4, 0.5) is 5.69 Å². The SMILES string of the molecule is CCN1CCC(NC(=O)c2cccc(OC)c2N)CC1. The minimum atomic E-state index is -0.114. The Hall–Kier alpha value is -1.75. The Morgan fingerprint density at radius 1 is 1.45 bits per heavy atom. The standard InChI is InChI=1S/C15H23N3O2/c1-3-18-9-7-11(8-10-18)17-15(19)12-5-4-6-13(20-2)14(12)16/h4-6,11H,3,7-10,16H2,1-2H3,(H,17,19). The molecule has 5 heteroatoms. The molecule has 0 spiro atoms. The van der Waals surface area contributed by atoms with Gasteiger partial charge in [-0.25, -0.2) is 0 Å². The third-order valence-corrected chi connectivity index (χ3v) is 3.90. The number of amides is 1. The summed E-state index contributed by atoms with van der Waals surface area (Å²) in [4.78, 5) is 14.7. The van der Waals surface area contributed by atoms with Crippen LogP contribution in [0, 0.1) is 0 Å². The highest BCUT2D eigenvalue weighted by Crippen LogP contribution is 2.25. The van der Waals surface area contributed by atoms with Gasteiger partial charge in [-0.15, -0.1) is 0 Å². The van der Waals surface area contributed by atoms with Gasteiger partial charge in [0.25, 0.3) is 5.91 Å². The predicted molar refractivity (Wildman–Crippen MR) is 80.0 cm³/mol. The fourth-order valence-electron chi connectivity index (χ4n) is 2.58. The Morgan fingerprint density at radius 3 is 2.75 bits per heavy atom. The van der Waals surface area contributed by atoms with Gasteiger partial charge in [-0.05, 0) is 31.5 Å². The number of carbonyl (C=O) groups excluding carboxylic acids is 1. The van der Waals surface area contributed by atoms with Gasteiger partial charge in [-0.1, -0.05) is 13.0 Å². The molecule has 0 aliphatic carbocycles. The molecule has 5 nitrogen and oxygen atoms in total. The van der Waals surface area contributed by atoms with E-state index in [1.165, 1.54) is 0 Å². The zero-order valence-electron chi connectivity index (χ0n) is 12.2. The third-order valence-electron chi connectivity index (χ3n) is 3.90. The highest BCUT2D eigenvalue weighted by molar-refractivity contribution is 6.00. The minimum Gasteiger partial charge on any atom is -0.495 e. The van der Waals surface area contributed by atoms with E-state index in [0.29, 0.717) is 17.0 Å². The lowest BCUT2D eigenvalue weighted by Crippen LogP contribution is -2.44. The number of benzene rings is 1. The highest BCUT2D eigenvalue weighted by atomic mass is 16.5. The summed E-state index contributed by atoms with van der Waals surface area (Å²) in [6.07, 6.45) is 1.98. The maximum atomic E-state index is 12.3. The fourth-order valence-corrected chi connectivity index (χ4v) is 2.58. The van der Waals surface area contributed by atoms with Gasteiger partial charge in [0, 0.05) is 19.1 Å². The largest absolute Gasteiger partial charge is 0.495 e. The number of nitrogens with two attached hydrogens (primary N) is 1. The van der Waals surface area contributed by atoms with Gasteiger partial charge in [0.1, 0.15) is 5.75 Å². The van der Waals surface area contributed by atoms with Gasteiger partial charge in [0.2, 0.25) is 0 Å². The van der Waals surface area contributed by atoms with Crippen LogP contribution >= 0.6 is 0 Å². The summed E-state index contributed by atoms with van der Waals surface area (Å²) in [6, 6.07) is 5.50. The van der Waals surface area contributed by atoms with Crippen LogP contribution in [0.15, 0.2) is 18.2 Å². The number of para-hydroxylation sites is 1. The molecule has 1 saturated heterocycles. The zero-order valence-corrected chi connectivity index (χ0v) is 12.2. The number of piperidine rings is 1. The molecule has 2 rings (SSSR count). The van der Waals surface area contributed by atoms with Gasteiger partial charge in [-0.2, -0.15) is 0 Å². The number of ether oxygens (including phenoxy) is 1. The van der Waals surface area contributed by atoms with Crippen molar-refractivity contribution in [2.45, 2.75) is 25.8 Å². The summed E-state index contributed by atoms with van der Waals surface area (Å²) in [6.45, 7) is 5.31. The molecule has 110 valence electrons. The van der Waals surface area contributed by atoms with Gasteiger partial charge < -0.3 is 20.7 Å². The molecule has 0 saturated carbocycles. The Labute approximate surface area is 120 Å². The molecule has 1 fully saturated rings.